The molecular formula is C19H18ClN3O3. The van der Waals surface area contributed by atoms with Gasteiger partial charge in [-0.25, -0.2) is 0 Å². The van der Waals surface area contributed by atoms with E-state index >= 15 is 0 Å². The molecule has 134 valence electrons. The number of benzene rings is 1. The van der Waals surface area contributed by atoms with E-state index in [-0.39, 0.29) is 18.0 Å². The van der Waals surface area contributed by atoms with Crippen molar-refractivity contribution in [3.05, 3.63) is 70.4 Å². The molecule has 0 spiro atoms. The first-order valence-corrected chi connectivity index (χ1v) is 8.59. The van der Waals surface area contributed by atoms with E-state index in [4.69, 9.17) is 16.3 Å². The van der Waals surface area contributed by atoms with E-state index in [1.54, 1.807) is 42.9 Å². The van der Waals surface area contributed by atoms with Crippen LogP contribution in [0.2, 0.25) is 5.02 Å². The molecule has 0 saturated carbocycles. The summed E-state index contributed by atoms with van der Waals surface area (Å²) in [4.78, 5) is 28.4. The van der Waals surface area contributed by atoms with E-state index in [0.29, 0.717) is 35.7 Å². The number of pyridine rings is 2. The zero-order valence-corrected chi connectivity index (χ0v) is 14.8. The fourth-order valence-corrected chi connectivity index (χ4v) is 2.69. The first kappa shape index (κ1) is 17.9. The molecule has 6 nitrogen and oxygen atoms in total. The van der Waals surface area contributed by atoms with E-state index in [1.807, 2.05) is 12.1 Å². The first-order chi connectivity index (χ1) is 12.6. The minimum Gasteiger partial charge on any atom is -0.493 e. The summed E-state index contributed by atoms with van der Waals surface area (Å²) in [6, 6.07) is 10.6. The zero-order valence-electron chi connectivity index (χ0n) is 14.0. The van der Waals surface area contributed by atoms with Gasteiger partial charge in [-0.2, -0.15) is 0 Å². The van der Waals surface area contributed by atoms with Crippen LogP contribution in [0.25, 0.3) is 10.8 Å². The Hall–Kier alpha value is -2.86. The number of nitrogens with one attached hydrogen (secondary N) is 1. The van der Waals surface area contributed by atoms with Crippen molar-refractivity contribution in [2.75, 3.05) is 13.2 Å². The normalized spacial score (nSPS) is 10.7. The van der Waals surface area contributed by atoms with Gasteiger partial charge in [0.05, 0.1) is 12.0 Å². The van der Waals surface area contributed by atoms with Gasteiger partial charge >= 0.3 is 0 Å². The van der Waals surface area contributed by atoms with Gasteiger partial charge in [-0.3, -0.25) is 14.6 Å². The van der Waals surface area contributed by atoms with Gasteiger partial charge in [0, 0.05) is 35.5 Å². The predicted molar refractivity (Wildman–Crippen MR) is 101 cm³/mol. The highest BCUT2D eigenvalue weighted by Crippen LogP contribution is 2.17. The monoisotopic (exact) mass is 371 g/mol. The maximum Gasteiger partial charge on any atom is 0.259 e. The first-order valence-electron chi connectivity index (χ1n) is 8.22. The number of rotatable bonds is 7. The number of carbonyl (C=O) groups excluding carboxylic acids is 1. The third kappa shape index (κ3) is 4.61. The molecule has 3 rings (SSSR count). The SMILES string of the molecule is O=C(Cn1ccc2cnccc2c1=O)NCCCOc1cccc(Cl)c1. The predicted octanol–water partition coefficient (Wildman–Crippen LogP) is 2.64. The van der Waals surface area contributed by atoms with Gasteiger partial charge in [-0.05, 0) is 36.8 Å². The number of carbonyl (C=O) groups is 1. The van der Waals surface area contributed by atoms with Crippen molar-refractivity contribution >= 4 is 28.3 Å². The summed E-state index contributed by atoms with van der Waals surface area (Å²) in [5.74, 6) is 0.476. The third-order valence-corrected chi connectivity index (χ3v) is 4.03. The molecule has 0 atom stereocenters. The minimum atomic E-state index is -0.219. The lowest BCUT2D eigenvalue weighted by Crippen LogP contribution is -2.33. The molecule has 1 aromatic carbocycles. The number of aromatic nitrogens is 2. The molecule has 0 aliphatic carbocycles. The molecule has 1 amide bonds. The van der Waals surface area contributed by atoms with Crippen molar-refractivity contribution in [2.45, 2.75) is 13.0 Å². The molecule has 0 aliphatic rings. The lowest BCUT2D eigenvalue weighted by molar-refractivity contribution is -0.121. The molecule has 2 heterocycles. The van der Waals surface area contributed by atoms with Crippen LogP contribution >= 0.6 is 11.6 Å². The fourth-order valence-electron chi connectivity index (χ4n) is 2.51. The quantitative estimate of drug-likeness (QED) is 0.648. The number of fused-ring (bicyclic) bond motifs is 1. The molecule has 2 aromatic heterocycles. The Kier molecular flexibility index (Phi) is 5.86. The smallest absolute Gasteiger partial charge is 0.259 e. The maximum atomic E-state index is 12.3. The molecule has 0 unspecified atom stereocenters. The number of hydrogen-bond donors (Lipinski definition) is 1. The van der Waals surface area contributed by atoms with Crippen molar-refractivity contribution in [3.63, 3.8) is 0 Å². The van der Waals surface area contributed by atoms with Crippen LogP contribution < -0.4 is 15.6 Å². The van der Waals surface area contributed by atoms with Gasteiger partial charge in [-0.15, -0.1) is 0 Å². The van der Waals surface area contributed by atoms with Crippen LogP contribution in [0.4, 0.5) is 0 Å². The highest BCUT2D eigenvalue weighted by Gasteiger charge is 2.07. The van der Waals surface area contributed by atoms with Crippen molar-refractivity contribution in [1.82, 2.24) is 14.9 Å². The molecule has 0 radical (unpaired) electrons. The standard InChI is InChI=1S/C19H18ClN3O3/c20-15-3-1-4-16(11-15)26-10-2-7-22-18(24)13-23-9-6-14-12-21-8-5-17(14)19(23)25/h1,3-6,8-9,11-12H,2,7,10,13H2,(H,22,24). The molecular weight excluding hydrogens is 354 g/mol. The van der Waals surface area contributed by atoms with E-state index in [1.165, 1.54) is 4.57 Å². The summed E-state index contributed by atoms with van der Waals surface area (Å²) in [7, 11) is 0. The maximum absolute atomic E-state index is 12.3. The van der Waals surface area contributed by atoms with Crippen LogP contribution in [-0.2, 0) is 11.3 Å². The van der Waals surface area contributed by atoms with Crippen LogP contribution in [-0.4, -0.2) is 28.6 Å². The van der Waals surface area contributed by atoms with Gasteiger partial charge in [-0.1, -0.05) is 17.7 Å². The highest BCUT2D eigenvalue weighted by atomic mass is 35.5. The molecule has 7 heteroatoms. The van der Waals surface area contributed by atoms with Crippen LogP contribution in [0.5, 0.6) is 5.75 Å². The second-order valence-electron chi connectivity index (χ2n) is 5.72. The zero-order chi connectivity index (χ0) is 18.4. The minimum absolute atomic E-state index is 0.0216. The van der Waals surface area contributed by atoms with Crippen LogP contribution in [0.3, 0.4) is 0 Å². The van der Waals surface area contributed by atoms with Crippen molar-refractivity contribution < 1.29 is 9.53 Å². The lowest BCUT2D eigenvalue weighted by Gasteiger charge is -2.09. The van der Waals surface area contributed by atoms with Gasteiger partial charge in [0.1, 0.15) is 12.3 Å². The average Bonchev–Trinajstić information content (AvgIpc) is 2.64. The Bertz CT molecular complexity index is 971. The Balaban J connectivity index is 1.46. The fraction of sp³-hybridized carbons (Fsp3) is 0.211. The van der Waals surface area contributed by atoms with Gasteiger partial charge in [0.2, 0.25) is 5.91 Å². The Morgan fingerprint density at radius 1 is 1.27 bits per heavy atom. The average molecular weight is 372 g/mol. The summed E-state index contributed by atoms with van der Waals surface area (Å²) in [5, 5.41) is 4.71. The van der Waals surface area contributed by atoms with Gasteiger partial charge in [0.15, 0.2) is 0 Å². The van der Waals surface area contributed by atoms with E-state index in [2.05, 4.69) is 10.3 Å². The number of halogens is 1. The molecule has 0 saturated heterocycles. The Labute approximate surface area is 155 Å². The lowest BCUT2D eigenvalue weighted by atomic mass is 10.2. The van der Waals surface area contributed by atoms with Crippen LogP contribution in [0, 0.1) is 0 Å². The molecule has 3 aromatic rings. The molecule has 26 heavy (non-hydrogen) atoms. The molecule has 1 N–H and O–H groups in total. The number of hydrogen-bond acceptors (Lipinski definition) is 4. The van der Waals surface area contributed by atoms with Crippen LogP contribution in [0.1, 0.15) is 6.42 Å². The van der Waals surface area contributed by atoms with E-state index in [0.717, 1.165) is 5.39 Å². The van der Waals surface area contributed by atoms with E-state index < -0.39 is 0 Å². The topological polar surface area (TPSA) is 73.2 Å². The second-order valence-corrected chi connectivity index (χ2v) is 6.16. The van der Waals surface area contributed by atoms with Crippen LogP contribution in [0.15, 0.2) is 59.8 Å². The van der Waals surface area contributed by atoms with E-state index in [9.17, 15) is 9.59 Å². The summed E-state index contributed by atoms with van der Waals surface area (Å²) in [6.07, 6.45) is 5.44. The third-order valence-electron chi connectivity index (χ3n) is 3.80. The highest BCUT2D eigenvalue weighted by molar-refractivity contribution is 6.30. The Morgan fingerprint density at radius 2 is 2.15 bits per heavy atom. The van der Waals surface area contributed by atoms with Gasteiger partial charge in [0.25, 0.3) is 5.56 Å². The molecule has 0 fully saturated rings. The Morgan fingerprint density at radius 3 is 3.00 bits per heavy atom. The van der Waals surface area contributed by atoms with Crippen molar-refractivity contribution in [3.8, 4) is 5.75 Å². The summed E-state index contributed by atoms with van der Waals surface area (Å²) < 4.78 is 6.95. The number of nitrogens with zero attached hydrogens (tertiary/aromatic N) is 2. The second kappa shape index (κ2) is 8.49. The summed E-state index contributed by atoms with van der Waals surface area (Å²) in [5.41, 5.74) is -0.204. The van der Waals surface area contributed by atoms with Crippen molar-refractivity contribution in [1.29, 1.82) is 0 Å². The molecule has 0 bridgehead atoms. The summed E-state index contributed by atoms with van der Waals surface area (Å²) in [6.45, 7) is 0.904. The van der Waals surface area contributed by atoms with Crippen molar-refractivity contribution in [2.24, 2.45) is 0 Å². The number of amides is 1. The van der Waals surface area contributed by atoms with Gasteiger partial charge < -0.3 is 14.6 Å². The number of ether oxygens (including phenoxy) is 1. The molecule has 0 aliphatic heterocycles. The largest absolute Gasteiger partial charge is 0.493 e. The summed E-state index contributed by atoms with van der Waals surface area (Å²) >= 11 is 5.88.